The highest BCUT2D eigenvalue weighted by Crippen LogP contribution is 2.22. The van der Waals surface area contributed by atoms with Crippen LogP contribution in [0.1, 0.15) is 38.5 Å². The van der Waals surface area contributed by atoms with Gasteiger partial charge in [0.15, 0.2) is 0 Å². The molecular weight excluding hydrogens is 208 g/mol. The Morgan fingerprint density at radius 1 is 1.24 bits per heavy atom. The summed E-state index contributed by atoms with van der Waals surface area (Å²) < 4.78 is 5.65. The van der Waals surface area contributed by atoms with Gasteiger partial charge < -0.3 is 4.42 Å². The van der Waals surface area contributed by atoms with E-state index in [9.17, 15) is 0 Å². The third kappa shape index (κ3) is 3.77. The SMILES string of the molecule is C/C=C\CC.CCc1cc2cccc(C)c2o1. The molecule has 0 aliphatic heterocycles. The van der Waals surface area contributed by atoms with Crippen LogP contribution in [0.3, 0.4) is 0 Å². The smallest absolute Gasteiger partial charge is 0.137 e. The summed E-state index contributed by atoms with van der Waals surface area (Å²) in [5, 5.41) is 1.21. The Kier molecular flexibility index (Phi) is 5.55. The van der Waals surface area contributed by atoms with Crippen LogP contribution in [0.5, 0.6) is 0 Å². The Morgan fingerprint density at radius 3 is 2.47 bits per heavy atom. The molecule has 92 valence electrons. The van der Waals surface area contributed by atoms with Gasteiger partial charge in [0.1, 0.15) is 11.3 Å². The molecule has 1 aromatic heterocycles. The van der Waals surface area contributed by atoms with Crippen molar-refractivity contribution in [3.8, 4) is 0 Å². The van der Waals surface area contributed by atoms with Gasteiger partial charge >= 0.3 is 0 Å². The average molecular weight is 230 g/mol. The van der Waals surface area contributed by atoms with Gasteiger partial charge in [-0.15, -0.1) is 0 Å². The molecule has 0 saturated heterocycles. The number of aryl methyl sites for hydroxylation is 2. The minimum atomic E-state index is 0.966. The van der Waals surface area contributed by atoms with Crippen molar-refractivity contribution >= 4 is 11.0 Å². The van der Waals surface area contributed by atoms with Crippen LogP contribution >= 0.6 is 0 Å². The second-order valence-corrected chi connectivity index (χ2v) is 4.04. The van der Waals surface area contributed by atoms with Crippen molar-refractivity contribution in [1.29, 1.82) is 0 Å². The standard InChI is InChI=1S/C11H12O.C5H10/c1-3-10-7-9-6-4-5-8(2)11(9)12-10;1-3-5-4-2/h4-7H,3H2,1-2H3;3,5H,4H2,1-2H3/b;5-3-. The molecule has 0 fully saturated rings. The molecule has 1 nitrogen and oxygen atoms in total. The molecule has 2 rings (SSSR count). The van der Waals surface area contributed by atoms with Gasteiger partial charge in [-0.25, -0.2) is 0 Å². The highest BCUT2D eigenvalue weighted by molar-refractivity contribution is 5.80. The van der Waals surface area contributed by atoms with Gasteiger partial charge in [0.25, 0.3) is 0 Å². The summed E-state index contributed by atoms with van der Waals surface area (Å²) in [5.74, 6) is 1.07. The van der Waals surface area contributed by atoms with Gasteiger partial charge in [0.05, 0.1) is 0 Å². The van der Waals surface area contributed by atoms with Crippen molar-refractivity contribution < 1.29 is 4.42 Å². The second kappa shape index (κ2) is 6.95. The molecule has 0 aliphatic rings. The van der Waals surface area contributed by atoms with Crippen LogP contribution in [0.4, 0.5) is 0 Å². The molecule has 0 N–H and O–H groups in total. The van der Waals surface area contributed by atoms with E-state index in [4.69, 9.17) is 4.42 Å². The molecule has 0 saturated carbocycles. The number of allylic oxidation sites excluding steroid dienone is 2. The third-order valence-corrected chi connectivity index (χ3v) is 2.61. The van der Waals surface area contributed by atoms with Crippen molar-refractivity contribution in [2.75, 3.05) is 0 Å². The predicted octanol–water partition coefficient (Wildman–Crippen LogP) is 5.28. The second-order valence-electron chi connectivity index (χ2n) is 4.04. The first-order valence-electron chi connectivity index (χ1n) is 6.32. The Morgan fingerprint density at radius 2 is 2.00 bits per heavy atom. The molecule has 0 aliphatic carbocycles. The average Bonchev–Trinajstić information content (AvgIpc) is 2.75. The molecule has 0 amide bonds. The van der Waals surface area contributed by atoms with Crippen LogP contribution in [0.15, 0.2) is 40.8 Å². The van der Waals surface area contributed by atoms with Crippen LogP contribution in [0.25, 0.3) is 11.0 Å². The van der Waals surface area contributed by atoms with Gasteiger partial charge in [0.2, 0.25) is 0 Å². The number of para-hydroxylation sites is 1. The minimum Gasteiger partial charge on any atom is -0.461 e. The van der Waals surface area contributed by atoms with Gasteiger partial charge in [-0.1, -0.05) is 44.2 Å². The Bertz CT molecular complexity index is 477. The van der Waals surface area contributed by atoms with E-state index in [1.54, 1.807) is 0 Å². The maximum atomic E-state index is 5.65. The molecule has 0 spiro atoms. The van der Waals surface area contributed by atoms with Crippen LogP contribution in [0, 0.1) is 6.92 Å². The van der Waals surface area contributed by atoms with E-state index in [1.165, 1.54) is 10.9 Å². The summed E-state index contributed by atoms with van der Waals surface area (Å²) in [7, 11) is 0. The molecule has 0 radical (unpaired) electrons. The highest BCUT2D eigenvalue weighted by Gasteiger charge is 2.02. The predicted molar refractivity (Wildman–Crippen MR) is 75.4 cm³/mol. The Hall–Kier alpha value is -1.50. The lowest BCUT2D eigenvalue weighted by molar-refractivity contribution is 0.555. The highest BCUT2D eigenvalue weighted by atomic mass is 16.3. The molecule has 1 aromatic carbocycles. The fourth-order valence-electron chi connectivity index (χ4n) is 1.67. The molecule has 0 unspecified atom stereocenters. The third-order valence-electron chi connectivity index (χ3n) is 2.61. The fourth-order valence-corrected chi connectivity index (χ4v) is 1.67. The van der Waals surface area contributed by atoms with E-state index in [0.717, 1.165) is 24.2 Å². The molecule has 0 bridgehead atoms. The summed E-state index contributed by atoms with van der Waals surface area (Å²) in [4.78, 5) is 0. The molecule has 1 heterocycles. The number of fused-ring (bicyclic) bond motifs is 1. The monoisotopic (exact) mass is 230 g/mol. The maximum Gasteiger partial charge on any atom is 0.137 e. The largest absolute Gasteiger partial charge is 0.461 e. The maximum absolute atomic E-state index is 5.65. The molecule has 0 atom stereocenters. The van der Waals surface area contributed by atoms with E-state index >= 15 is 0 Å². The van der Waals surface area contributed by atoms with Gasteiger partial charge in [-0.2, -0.15) is 0 Å². The molecular formula is C16H22O. The van der Waals surface area contributed by atoms with E-state index < -0.39 is 0 Å². The molecule has 2 aromatic rings. The number of rotatable bonds is 2. The quantitative estimate of drug-likeness (QED) is 0.640. The summed E-state index contributed by atoms with van der Waals surface area (Å²) >= 11 is 0. The first-order chi connectivity index (χ1) is 8.22. The minimum absolute atomic E-state index is 0.966. The summed E-state index contributed by atoms with van der Waals surface area (Å²) in [6.07, 6.45) is 6.31. The topological polar surface area (TPSA) is 13.1 Å². The number of furan rings is 1. The zero-order chi connectivity index (χ0) is 12.7. The van der Waals surface area contributed by atoms with E-state index in [0.29, 0.717) is 0 Å². The zero-order valence-electron chi connectivity index (χ0n) is 11.3. The number of hydrogen-bond donors (Lipinski definition) is 0. The lowest BCUT2D eigenvalue weighted by Crippen LogP contribution is -1.70. The first-order valence-corrected chi connectivity index (χ1v) is 6.32. The van der Waals surface area contributed by atoms with Crippen LogP contribution in [-0.4, -0.2) is 0 Å². The van der Waals surface area contributed by atoms with Crippen molar-refractivity contribution in [2.45, 2.75) is 40.5 Å². The summed E-state index contributed by atoms with van der Waals surface area (Å²) in [5.41, 5.74) is 2.25. The number of hydrogen-bond acceptors (Lipinski definition) is 1. The van der Waals surface area contributed by atoms with Crippen LogP contribution < -0.4 is 0 Å². The molecule has 17 heavy (non-hydrogen) atoms. The molecule has 1 heteroatoms. The van der Waals surface area contributed by atoms with Crippen molar-refractivity contribution in [1.82, 2.24) is 0 Å². The fraction of sp³-hybridized carbons (Fsp3) is 0.375. The van der Waals surface area contributed by atoms with Crippen LogP contribution in [-0.2, 0) is 6.42 Å². The van der Waals surface area contributed by atoms with E-state index in [-0.39, 0.29) is 0 Å². The van der Waals surface area contributed by atoms with Gasteiger partial charge in [-0.3, -0.25) is 0 Å². The van der Waals surface area contributed by atoms with Crippen molar-refractivity contribution in [3.63, 3.8) is 0 Å². The summed E-state index contributed by atoms with van der Waals surface area (Å²) in [6, 6.07) is 8.34. The van der Waals surface area contributed by atoms with Gasteiger partial charge in [0, 0.05) is 11.8 Å². The normalized spacial score (nSPS) is 10.6. The van der Waals surface area contributed by atoms with Crippen molar-refractivity contribution in [3.05, 3.63) is 47.7 Å². The van der Waals surface area contributed by atoms with E-state index in [1.807, 2.05) is 6.92 Å². The zero-order valence-corrected chi connectivity index (χ0v) is 11.3. The lowest BCUT2D eigenvalue weighted by Gasteiger charge is -1.91. The Balaban J connectivity index is 0.000000249. The van der Waals surface area contributed by atoms with E-state index in [2.05, 4.69) is 57.2 Å². The number of benzene rings is 1. The van der Waals surface area contributed by atoms with Crippen molar-refractivity contribution in [2.24, 2.45) is 0 Å². The lowest BCUT2D eigenvalue weighted by atomic mass is 10.2. The first kappa shape index (κ1) is 13.6. The van der Waals surface area contributed by atoms with Crippen LogP contribution in [0.2, 0.25) is 0 Å². The van der Waals surface area contributed by atoms with Gasteiger partial charge in [-0.05, 0) is 31.9 Å². The Labute approximate surface area is 104 Å². The summed E-state index contributed by atoms with van der Waals surface area (Å²) in [6.45, 7) is 8.34.